The molecule has 1 aromatic rings. The lowest BCUT2D eigenvalue weighted by molar-refractivity contribution is 0.0930. The summed E-state index contributed by atoms with van der Waals surface area (Å²) < 4.78 is 14.1. The summed E-state index contributed by atoms with van der Waals surface area (Å²) in [5, 5.41) is 2.83. The zero-order valence-electron chi connectivity index (χ0n) is 9.39. The van der Waals surface area contributed by atoms with Crippen LogP contribution in [0.2, 0.25) is 0 Å². The molecule has 0 aliphatic heterocycles. The van der Waals surface area contributed by atoms with Crippen molar-refractivity contribution in [3.63, 3.8) is 0 Å². The Morgan fingerprint density at radius 3 is 2.56 bits per heavy atom. The fraction of sp³-hybridized carbons (Fsp3) is 0.417. The van der Waals surface area contributed by atoms with Gasteiger partial charge in [0.15, 0.2) is 0 Å². The summed E-state index contributed by atoms with van der Waals surface area (Å²) in [4.78, 5) is 11.9. The number of nitrogens with one attached hydrogen (secondary N) is 1. The SMILES string of the molecule is CCC(CC)NC(=O)c1c(F)cccc1I. The van der Waals surface area contributed by atoms with E-state index in [2.05, 4.69) is 5.32 Å². The molecule has 0 spiro atoms. The first-order chi connectivity index (χ1) is 7.60. The Morgan fingerprint density at radius 1 is 1.44 bits per heavy atom. The van der Waals surface area contributed by atoms with Gasteiger partial charge in [0.2, 0.25) is 0 Å². The van der Waals surface area contributed by atoms with Crippen LogP contribution in [0.4, 0.5) is 4.39 Å². The molecule has 0 atom stereocenters. The van der Waals surface area contributed by atoms with Gasteiger partial charge >= 0.3 is 0 Å². The van der Waals surface area contributed by atoms with Crippen LogP contribution < -0.4 is 5.32 Å². The highest BCUT2D eigenvalue weighted by Gasteiger charge is 2.17. The first kappa shape index (κ1) is 13.4. The molecule has 1 amide bonds. The van der Waals surface area contributed by atoms with Crippen molar-refractivity contribution in [1.29, 1.82) is 0 Å². The molecular weight excluding hydrogens is 320 g/mol. The zero-order valence-corrected chi connectivity index (χ0v) is 11.5. The predicted molar refractivity (Wildman–Crippen MR) is 71.0 cm³/mol. The molecule has 1 aromatic carbocycles. The lowest BCUT2D eigenvalue weighted by atomic mass is 10.1. The first-order valence-electron chi connectivity index (χ1n) is 5.35. The van der Waals surface area contributed by atoms with Crippen molar-refractivity contribution >= 4 is 28.5 Å². The second-order valence-corrected chi connectivity index (χ2v) is 4.75. The quantitative estimate of drug-likeness (QED) is 0.840. The summed E-state index contributed by atoms with van der Waals surface area (Å²) >= 11 is 1.97. The normalized spacial score (nSPS) is 10.6. The third-order valence-corrected chi connectivity index (χ3v) is 3.41. The Morgan fingerprint density at radius 2 is 2.06 bits per heavy atom. The van der Waals surface area contributed by atoms with Crippen LogP contribution in [0.25, 0.3) is 0 Å². The number of hydrogen-bond acceptors (Lipinski definition) is 1. The first-order valence-corrected chi connectivity index (χ1v) is 6.42. The summed E-state index contributed by atoms with van der Waals surface area (Å²) in [7, 11) is 0. The van der Waals surface area contributed by atoms with Gasteiger partial charge in [-0.1, -0.05) is 19.9 Å². The van der Waals surface area contributed by atoms with Crippen molar-refractivity contribution < 1.29 is 9.18 Å². The van der Waals surface area contributed by atoms with Crippen LogP contribution >= 0.6 is 22.6 Å². The lowest BCUT2D eigenvalue weighted by Gasteiger charge is -2.15. The van der Waals surface area contributed by atoms with Crippen molar-refractivity contribution in [1.82, 2.24) is 5.32 Å². The predicted octanol–water partition coefficient (Wildman–Crippen LogP) is 3.35. The summed E-state index contributed by atoms with van der Waals surface area (Å²) in [6.45, 7) is 4.00. The second kappa shape index (κ2) is 6.18. The maximum absolute atomic E-state index is 13.5. The highest BCUT2D eigenvalue weighted by atomic mass is 127. The van der Waals surface area contributed by atoms with Crippen LogP contribution in [0.3, 0.4) is 0 Å². The van der Waals surface area contributed by atoms with Gasteiger partial charge in [-0.05, 0) is 47.6 Å². The minimum Gasteiger partial charge on any atom is -0.349 e. The van der Waals surface area contributed by atoms with Crippen LogP contribution in [-0.4, -0.2) is 11.9 Å². The number of halogens is 2. The topological polar surface area (TPSA) is 29.1 Å². The zero-order chi connectivity index (χ0) is 12.1. The van der Waals surface area contributed by atoms with E-state index in [-0.39, 0.29) is 17.5 Å². The number of carbonyl (C=O) groups excluding carboxylic acids is 1. The van der Waals surface area contributed by atoms with Gasteiger partial charge in [0.25, 0.3) is 5.91 Å². The van der Waals surface area contributed by atoms with Crippen LogP contribution in [0, 0.1) is 9.39 Å². The molecule has 0 saturated carbocycles. The van der Waals surface area contributed by atoms with Crippen molar-refractivity contribution in [3.05, 3.63) is 33.1 Å². The molecule has 0 fully saturated rings. The van der Waals surface area contributed by atoms with Gasteiger partial charge in [0, 0.05) is 9.61 Å². The molecular formula is C12H15FINO. The van der Waals surface area contributed by atoms with E-state index in [1.807, 2.05) is 36.4 Å². The molecule has 1 N–H and O–H groups in total. The number of amides is 1. The number of carbonyl (C=O) groups is 1. The average molecular weight is 335 g/mol. The van der Waals surface area contributed by atoms with E-state index >= 15 is 0 Å². The monoisotopic (exact) mass is 335 g/mol. The fourth-order valence-corrected chi connectivity index (χ4v) is 2.18. The van der Waals surface area contributed by atoms with E-state index in [1.165, 1.54) is 6.07 Å². The van der Waals surface area contributed by atoms with E-state index in [9.17, 15) is 9.18 Å². The molecule has 0 aliphatic rings. The van der Waals surface area contributed by atoms with Crippen LogP contribution in [0.5, 0.6) is 0 Å². The van der Waals surface area contributed by atoms with Gasteiger partial charge in [0.1, 0.15) is 5.82 Å². The van der Waals surface area contributed by atoms with Crippen LogP contribution in [0.15, 0.2) is 18.2 Å². The van der Waals surface area contributed by atoms with Crippen molar-refractivity contribution in [2.75, 3.05) is 0 Å². The van der Waals surface area contributed by atoms with Gasteiger partial charge in [0.05, 0.1) is 5.56 Å². The van der Waals surface area contributed by atoms with Crippen LogP contribution in [0.1, 0.15) is 37.0 Å². The van der Waals surface area contributed by atoms with Gasteiger partial charge < -0.3 is 5.32 Å². The second-order valence-electron chi connectivity index (χ2n) is 3.58. The lowest BCUT2D eigenvalue weighted by Crippen LogP contribution is -2.34. The van der Waals surface area contributed by atoms with Gasteiger partial charge in [-0.15, -0.1) is 0 Å². The third-order valence-electron chi connectivity index (χ3n) is 2.51. The summed E-state index contributed by atoms with van der Waals surface area (Å²) in [5.41, 5.74) is 0.148. The van der Waals surface area contributed by atoms with E-state index in [1.54, 1.807) is 12.1 Å². The Kier molecular flexibility index (Phi) is 5.18. The van der Waals surface area contributed by atoms with Crippen molar-refractivity contribution in [2.24, 2.45) is 0 Å². The Bertz CT molecular complexity index is 357. The molecule has 4 heteroatoms. The van der Waals surface area contributed by atoms with E-state index in [4.69, 9.17) is 0 Å². The van der Waals surface area contributed by atoms with Gasteiger partial charge in [-0.25, -0.2) is 4.39 Å². The average Bonchev–Trinajstić information content (AvgIpc) is 2.25. The molecule has 88 valence electrons. The van der Waals surface area contributed by atoms with Crippen LogP contribution in [-0.2, 0) is 0 Å². The highest BCUT2D eigenvalue weighted by molar-refractivity contribution is 14.1. The Balaban J connectivity index is 2.88. The fourth-order valence-electron chi connectivity index (χ4n) is 1.47. The van der Waals surface area contributed by atoms with E-state index in [0.717, 1.165) is 12.8 Å². The van der Waals surface area contributed by atoms with Gasteiger partial charge in [-0.2, -0.15) is 0 Å². The van der Waals surface area contributed by atoms with Crippen molar-refractivity contribution in [2.45, 2.75) is 32.7 Å². The number of rotatable bonds is 4. The Labute approximate surface area is 109 Å². The summed E-state index contributed by atoms with van der Waals surface area (Å²) in [6.07, 6.45) is 1.71. The van der Waals surface area contributed by atoms with Crippen molar-refractivity contribution in [3.8, 4) is 0 Å². The summed E-state index contributed by atoms with van der Waals surface area (Å²) in [5.74, 6) is -0.786. The number of hydrogen-bond donors (Lipinski definition) is 1. The van der Waals surface area contributed by atoms with E-state index in [0.29, 0.717) is 3.57 Å². The maximum Gasteiger partial charge on any atom is 0.255 e. The van der Waals surface area contributed by atoms with E-state index < -0.39 is 5.82 Å². The largest absolute Gasteiger partial charge is 0.349 e. The molecule has 0 unspecified atom stereocenters. The number of benzene rings is 1. The molecule has 0 bridgehead atoms. The minimum absolute atomic E-state index is 0.114. The smallest absolute Gasteiger partial charge is 0.255 e. The minimum atomic E-state index is -0.463. The molecule has 1 rings (SSSR count). The molecule has 0 heterocycles. The molecule has 2 nitrogen and oxygen atoms in total. The maximum atomic E-state index is 13.5. The summed E-state index contributed by atoms with van der Waals surface area (Å²) in [6, 6.07) is 4.75. The highest BCUT2D eigenvalue weighted by Crippen LogP contribution is 2.16. The molecule has 0 aromatic heterocycles. The molecule has 0 saturated heterocycles. The molecule has 0 radical (unpaired) electrons. The Hall–Kier alpha value is -0.650. The molecule has 0 aliphatic carbocycles. The third kappa shape index (κ3) is 3.17. The molecule has 16 heavy (non-hydrogen) atoms. The van der Waals surface area contributed by atoms with Gasteiger partial charge in [-0.3, -0.25) is 4.79 Å². The standard InChI is InChI=1S/C12H15FINO/c1-3-8(4-2)15-12(16)11-9(13)6-5-7-10(11)14/h5-8H,3-4H2,1-2H3,(H,15,16).